The molecule has 1 aliphatic rings. The first-order valence-electron chi connectivity index (χ1n) is 8.85. The Kier molecular flexibility index (Phi) is 5.65. The van der Waals surface area contributed by atoms with Crippen molar-refractivity contribution in [2.24, 2.45) is 0 Å². The summed E-state index contributed by atoms with van der Waals surface area (Å²) in [6.45, 7) is 1.92. The van der Waals surface area contributed by atoms with Gasteiger partial charge in [0.25, 0.3) is 10.0 Å². The highest BCUT2D eigenvalue weighted by Gasteiger charge is 2.20. The lowest BCUT2D eigenvalue weighted by Crippen LogP contribution is -2.16. The van der Waals surface area contributed by atoms with Crippen molar-refractivity contribution in [1.82, 2.24) is 0 Å². The number of sulfonamides is 1. The zero-order valence-electron chi connectivity index (χ0n) is 15.5. The van der Waals surface area contributed by atoms with Crippen molar-refractivity contribution in [3.8, 4) is 0 Å². The molecule has 0 unspecified atom stereocenters. The van der Waals surface area contributed by atoms with E-state index in [1.54, 1.807) is 30.3 Å². The SMILES string of the molecule is COC(=O)CCc1ccc(NS(=O)(=O)c2ccc(C)cc2)c2c1CC=CC2. The smallest absolute Gasteiger partial charge is 0.305 e. The number of carbonyl (C=O) groups excluding carboxylic acids is 1. The fraction of sp³-hybridized carbons (Fsp3) is 0.286. The molecule has 0 aliphatic heterocycles. The van der Waals surface area contributed by atoms with E-state index < -0.39 is 10.0 Å². The summed E-state index contributed by atoms with van der Waals surface area (Å²) in [5.74, 6) is -0.251. The maximum atomic E-state index is 12.7. The maximum Gasteiger partial charge on any atom is 0.305 e. The highest BCUT2D eigenvalue weighted by Crippen LogP contribution is 2.30. The molecule has 1 N–H and O–H groups in total. The van der Waals surface area contributed by atoms with Gasteiger partial charge in [0.05, 0.1) is 17.7 Å². The number of rotatable bonds is 6. The molecule has 0 atom stereocenters. The Morgan fingerprint density at radius 2 is 1.70 bits per heavy atom. The van der Waals surface area contributed by atoms with Gasteiger partial charge >= 0.3 is 5.97 Å². The fourth-order valence-electron chi connectivity index (χ4n) is 3.22. The molecule has 3 rings (SSSR count). The number of ether oxygens (including phenoxy) is 1. The van der Waals surface area contributed by atoms with Crippen LogP contribution in [-0.4, -0.2) is 21.5 Å². The van der Waals surface area contributed by atoms with Crippen LogP contribution >= 0.6 is 0 Å². The molecule has 2 aromatic carbocycles. The van der Waals surface area contributed by atoms with E-state index in [-0.39, 0.29) is 10.9 Å². The average Bonchev–Trinajstić information content (AvgIpc) is 2.67. The number of hydrogen-bond acceptors (Lipinski definition) is 4. The molecular weight excluding hydrogens is 362 g/mol. The number of esters is 1. The second-order valence-electron chi connectivity index (χ2n) is 6.60. The van der Waals surface area contributed by atoms with Crippen molar-refractivity contribution in [2.45, 2.75) is 37.5 Å². The van der Waals surface area contributed by atoms with Gasteiger partial charge in [0, 0.05) is 6.42 Å². The third-order valence-electron chi connectivity index (χ3n) is 4.74. The van der Waals surface area contributed by atoms with E-state index in [1.807, 2.05) is 19.1 Å². The zero-order chi connectivity index (χ0) is 19.4. The minimum absolute atomic E-state index is 0.239. The number of allylic oxidation sites excluding steroid dienone is 2. The Hall–Kier alpha value is -2.60. The highest BCUT2D eigenvalue weighted by atomic mass is 32.2. The molecule has 0 radical (unpaired) electrons. The van der Waals surface area contributed by atoms with Gasteiger partial charge in [-0.05, 0) is 61.1 Å². The van der Waals surface area contributed by atoms with Crippen molar-refractivity contribution in [3.05, 3.63) is 70.8 Å². The number of anilines is 1. The van der Waals surface area contributed by atoms with Gasteiger partial charge in [-0.15, -0.1) is 0 Å². The Bertz CT molecular complexity index is 976. The summed E-state index contributed by atoms with van der Waals surface area (Å²) in [6.07, 6.45) is 6.38. The predicted octanol–water partition coefficient (Wildman–Crippen LogP) is 3.56. The van der Waals surface area contributed by atoms with Crippen LogP contribution in [0.5, 0.6) is 0 Å². The molecule has 0 spiro atoms. The van der Waals surface area contributed by atoms with Gasteiger partial charge in [-0.2, -0.15) is 0 Å². The summed E-state index contributed by atoms with van der Waals surface area (Å²) in [4.78, 5) is 11.7. The van der Waals surface area contributed by atoms with Crippen LogP contribution in [-0.2, 0) is 38.8 Å². The fourth-order valence-corrected chi connectivity index (χ4v) is 4.31. The van der Waals surface area contributed by atoms with E-state index in [2.05, 4.69) is 10.8 Å². The Morgan fingerprint density at radius 1 is 1.04 bits per heavy atom. The quantitative estimate of drug-likeness (QED) is 0.610. The minimum Gasteiger partial charge on any atom is -0.469 e. The second kappa shape index (κ2) is 7.96. The Labute approximate surface area is 160 Å². The topological polar surface area (TPSA) is 72.5 Å². The number of aryl methyl sites for hydroxylation is 2. The van der Waals surface area contributed by atoms with E-state index in [0.717, 1.165) is 28.7 Å². The molecule has 27 heavy (non-hydrogen) atoms. The average molecular weight is 385 g/mol. The van der Waals surface area contributed by atoms with E-state index in [9.17, 15) is 13.2 Å². The molecule has 0 fully saturated rings. The molecule has 0 aromatic heterocycles. The van der Waals surface area contributed by atoms with Crippen molar-refractivity contribution in [1.29, 1.82) is 0 Å². The molecule has 1 aliphatic carbocycles. The Morgan fingerprint density at radius 3 is 2.37 bits per heavy atom. The van der Waals surface area contributed by atoms with E-state index in [0.29, 0.717) is 24.9 Å². The normalized spacial score (nSPS) is 13.1. The summed E-state index contributed by atoms with van der Waals surface area (Å²) in [7, 11) is -2.28. The zero-order valence-corrected chi connectivity index (χ0v) is 16.3. The lowest BCUT2D eigenvalue weighted by atomic mass is 9.89. The minimum atomic E-state index is -3.65. The van der Waals surface area contributed by atoms with E-state index >= 15 is 0 Å². The first-order chi connectivity index (χ1) is 12.9. The van der Waals surface area contributed by atoms with Crippen molar-refractivity contribution in [3.63, 3.8) is 0 Å². The van der Waals surface area contributed by atoms with Crippen LogP contribution in [0.3, 0.4) is 0 Å². The molecular formula is C21H23NO4S. The molecule has 2 aromatic rings. The van der Waals surface area contributed by atoms with Gasteiger partial charge in [0.15, 0.2) is 0 Å². The number of methoxy groups -OCH3 is 1. The van der Waals surface area contributed by atoms with Gasteiger partial charge < -0.3 is 4.74 Å². The van der Waals surface area contributed by atoms with Crippen LogP contribution in [0.15, 0.2) is 53.4 Å². The number of carbonyl (C=O) groups is 1. The summed E-state index contributed by atoms with van der Waals surface area (Å²) < 4.78 is 32.9. The van der Waals surface area contributed by atoms with Gasteiger partial charge in [-0.1, -0.05) is 35.9 Å². The molecule has 0 heterocycles. The highest BCUT2D eigenvalue weighted by molar-refractivity contribution is 7.92. The van der Waals surface area contributed by atoms with Crippen LogP contribution in [0.2, 0.25) is 0 Å². The van der Waals surface area contributed by atoms with Crippen LogP contribution in [0.4, 0.5) is 5.69 Å². The molecule has 6 heteroatoms. The third kappa shape index (κ3) is 4.39. The Balaban J connectivity index is 1.90. The van der Waals surface area contributed by atoms with Crippen molar-refractivity contribution < 1.29 is 17.9 Å². The molecule has 0 amide bonds. The van der Waals surface area contributed by atoms with Crippen LogP contribution < -0.4 is 4.72 Å². The second-order valence-corrected chi connectivity index (χ2v) is 8.29. The maximum absolute atomic E-state index is 12.7. The molecule has 0 bridgehead atoms. The summed E-state index contributed by atoms with van der Waals surface area (Å²) >= 11 is 0. The van der Waals surface area contributed by atoms with Gasteiger partial charge in [-0.25, -0.2) is 8.42 Å². The summed E-state index contributed by atoms with van der Waals surface area (Å²) in [6, 6.07) is 10.5. The molecule has 0 saturated heterocycles. The van der Waals surface area contributed by atoms with E-state index in [1.165, 1.54) is 7.11 Å². The lowest BCUT2D eigenvalue weighted by Gasteiger charge is -2.21. The number of hydrogen-bond donors (Lipinski definition) is 1. The standard InChI is InChI=1S/C21H23NO4S/c1-15-7-11-17(12-8-15)27(24,25)22-20-13-9-16(10-14-21(23)26-2)18-5-3-4-6-19(18)20/h3-4,7-9,11-13,22H,5-6,10,14H2,1-2H3. The van der Waals surface area contributed by atoms with Gasteiger partial charge in [0.2, 0.25) is 0 Å². The van der Waals surface area contributed by atoms with Crippen molar-refractivity contribution >= 4 is 21.7 Å². The molecule has 5 nitrogen and oxygen atoms in total. The number of benzene rings is 2. The summed E-state index contributed by atoms with van der Waals surface area (Å²) in [5.41, 5.74) is 4.71. The largest absolute Gasteiger partial charge is 0.469 e. The van der Waals surface area contributed by atoms with Gasteiger partial charge in [-0.3, -0.25) is 9.52 Å². The first kappa shape index (κ1) is 19.2. The van der Waals surface area contributed by atoms with Crippen molar-refractivity contribution in [2.75, 3.05) is 11.8 Å². The monoisotopic (exact) mass is 385 g/mol. The first-order valence-corrected chi connectivity index (χ1v) is 10.3. The molecule has 142 valence electrons. The van der Waals surface area contributed by atoms with Crippen LogP contribution in [0.25, 0.3) is 0 Å². The predicted molar refractivity (Wildman–Crippen MR) is 105 cm³/mol. The van der Waals surface area contributed by atoms with Crippen LogP contribution in [0.1, 0.15) is 28.7 Å². The van der Waals surface area contributed by atoms with E-state index in [4.69, 9.17) is 4.74 Å². The lowest BCUT2D eigenvalue weighted by molar-refractivity contribution is -0.140. The number of fused-ring (bicyclic) bond motifs is 1. The third-order valence-corrected chi connectivity index (χ3v) is 6.12. The van der Waals surface area contributed by atoms with Gasteiger partial charge in [0.1, 0.15) is 0 Å². The van der Waals surface area contributed by atoms with Crippen LogP contribution in [0, 0.1) is 6.92 Å². The number of nitrogens with one attached hydrogen (secondary N) is 1. The molecule has 0 saturated carbocycles. The summed E-state index contributed by atoms with van der Waals surface area (Å²) in [5, 5.41) is 0.